The SMILES string of the molecule is CCNc1cccc(C(N)=S)n1. The molecule has 0 bridgehead atoms. The zero-order chi connectivity index (χ0) is 8.97. The Balaban J connectivity index is 2.88. The average molecular weight is 181 g/mol. The summed E-state index contributed by atoms with van der Waals surface area (Å²) in [4.78, 5) is 4.51. The third kappa shape index (κ3) is 2.17. The molecule has 0 fully saturated rings. The molecule has 3 nitrogen and oxygen atoms in total. The summed E-state index contributed by atoms with van der Waals surface area (Å²) in [6.07, 6.45) is 0. The van der Waals surface area contributed by atoms with E-state index in [9.17, 15) is 0 Å². The van der Waals surface area contributed by atoms with Gasteiger partial charge in [-0.25, -0.2) is 4.98 Å². The first-order valence-corrected chi connectivity index (χ1v) is 4.15. The third-order valence-electron chi connectivity index (χ3n) is 1.36. The van der Waals surface area contributed by atoms with Gasteiger partial charge in [0.1, 0.15) is 10.8 Å². The lowest BCUT2D eigenvalue weighted by Crippen LogP contribution is -2.12. The smallest absolute Gasteiger partial charge is 0.126 e. The van der Waals surface area contributed by atoms with Crippen LogP contribution < -0.4 is 11.1 Å². The van der Waals surface area contributed by atoms with Crippen LogP contribution >= 0.6 is 12.2 Å². The van der Waals surface area contributed by atoms with Crippen molar-refractivity contribution >= 4 is 23.0 Å². The van der Waals surface area contributed by atoms with Crippen molar-refractivity contribution in [3.63, 3.8) is 0 Å². The summed E-state index contributed by atoms with van der Waals surface area (Å²) in [6, 6.07) is 5.55. The molecular formula is C8H11N3S. The van der Waals surface area contributed by atoms with Crippen LogP contribution in [0.1, 0.15) is 12.6 Å². The summed E-state index contributed by atoms with van der Waals surface area (Å²) in [6.45, 7) is 2.85. The Morgan fingerprint density at radius 3 is 3.00 bits per heavy atom. The second kappa shape index (κ2) is 4.01. The van der Waals surface area contributed by atoms with Gasteiger partial charge in [-0.3, -0.25) is 0 Å². The van der Waals surface area contributed by atoms with E-state index in [0.29, 0.717) is 10.7 Å². The summed E-state index contributed by atoms with van der Waals surface area (Å²) < 4.78 is 0. The van der Waals surface area contributed by atoms with E-state index in [-0.39, 0.29) is 0 Å². The first kappa shape index (κ1) is 8.93. The Hall–Kier alpha value is -1.16. The largest absolute Gasteiger partial charge is 0.388 e. The van der Waals surface area contributed by atoms with E-state index in [0.717, 1.165) is 12.4 Å². The van der Waals surface area contributed by atoms with Gasteiger partial charge >= 0.3 is 0 Å². The molecular weight excluding hydrogens is 170 g/mol. The van der Waals surface area contributed by atoms with E-state index in [1.165, 1.54) is 0 Å². The topological polar surface area (TPSA) is 50.9 Å². The minimum absolute atomic E-state index is 0.328. The Morgan fingerprint density at radius 1 is 1.67 bits per heavy atom. The monoisotopic (exact) mass is 181 g/mol. The molecule has 1 aromatic rings. The molecule has 64 valence electrons. The van der Waals surface area contributed by atoms with E-state index in [4.69, 9.17) is 18.0 Å². The fourth-order valence-electron chi connectivity index (χ4n) is 0.852. The number of hydrogen-bond donors (Lipinski definition) is 2. The zero-order valence-electron chi connectivity index (χ0n) is 6.87. The molecule has 0 saturated heterocycles. The predicted octanol–water partition coefficient (Wildman–Crippen LogP) is 1.15. The number of anilines is 1. The molecule has 0 spiro atoms. The van der Waals surface area contributed by atoms with Crippen LogP contribution in [-0.2, 0) is 0 Å². The van der Waals surface area contributed by atoms with Crippen molar-refractivity contribution in [3.8, 4) is 0 Å². The zero-order valence-corrected chi connectivity index (χ0v) is 7.69. The van der Waals surface area contributed by atoms with Crippen molar-refractivity contribution in [1.29, 1.82) is 0 Å². The number of hydrogen-bond acceptors (Lipinski definition) is 3. The van der Waals surface area contributed by atoms with E-state index in [1.807, 2.05) is 19.1 Å². The Kier molecular flexibility index (Phi) is 2.99. The van der Waals surface area contributed by atoms with E-state index in [2.05, 4.69) is 10.3 Å². The summed E-state index contributed by atoms with van der Waals surface area (Å²) in [7, 11) is 0. The van der Waals surface area contributed by atoms with Crippen molar-refractivity contribution in [1.82, 2.24) is 4.98 Å². The third-order valence-corrected chi connectivity index (χ3v) is 1.57. The van der Waals surface area contributed by atoms with Crippen LogP contribution in [0.3, 0.4) is 0 Å². The summed E-state index contributed by atoms with van der Waals surface area (Å²) in [5, 5.41) is 3.08. The van der Waals surface area contributed by atoms with Gasteiger partial charge in [0.25, 0.3) is 0 Å². The van der Waals surface area contributed by atoms with Gasteiger partial charge in [-0.2, -0.15) is 0 Å². The second-order valence-electron chi connectivity index (χ2n) is 2.30. The molecule has 1 rings (SSSR count). The van der Waals surface area contributed by atoms with Crippen molar-refractivity contribution in [2.45, 2.75) is 6.92 Å². The molecule has 0 atom stereocenters. The quantitative estimate of drug-likeness (QED) is 0.687. The van der Waals surface area contributed by atoms with E-state index in [1.54, 1.807) is 6.07 Å². The number of nitrogens with two attached hydrogens (primary N) is 1. The van der Waals surface area contributed by atoms with Crippen LogP contribution in [0.4, 0.5) is 5.82 Å². The van der Waals surface area contributed by atoms with Gasteiger partial charge in [0.15, 0.2) is 0 Å². The fourth-order valence-corrected chi connectivity index (χ4v) is 0.965. The average Bonchev–Trinajstić information content (AvgIpc) is 2.05. The predicted molar refractivity (Wildman–Crippen MR) is 54.3 cm³/mol. The van der Waals surface area contributed by atoms with E-state index < -0.39 is 0 Å². The van der Waals surface area contributed by atoms with Gasteiger partial charge in [-0.05, 0) is 19.1 Å². The minimum Gasteiger partial charge on any atom is -0.388 e. The highest BCUT2D eigenvalue weighted by molar-refractivity contribution is 7.80. The van der Waals surface area contributed by atoms with Crippen LogP contribution in [-0.4, -0.2) is 16.5 Å². The number of thiocarbonyl (C=S) groups is 1. The minimum atomic E-state index is 0.328. The van der Waals surface area contributed by atoms with Crippen LogP contribution in [0.15, 0.2) is 18.2 Å². The lowest BCUT2D eigenvalue weighted by atomic mass is 10.3. The van der Waals surface area contributed by atoms with Crippen LogP contribution in [0, 0.1) is 0 Å². The summed E-state index contributed by atoms with van der Waals surface area (Å²) >= 11 is 4.79. The van der Waals surface area contributed by atoms with Gasteiger partial charge in [-0.1, -0.05) is 18.3 Å². The highest BCUT2D eigenvalue weighted by Gasteiger charge is 1.97. The first-order chi connectivity index (χ1) is 5.74. The lowest BCUT2D eigenvalue weighted by Gasteiger charge is -2.03. The van der Waals surface area contributed by atoms with Gasteiger partial charge in [-0.15, -0.1) is 0 Å². The molecule has 1 aromatic heterocycles. The maximum absolute atomic E-state index is 5.42. The molecule has 0 aliphatic heterocycles. The highest BCUT2D eigenvalue weighted by atomic mass is 32.1. The maximum atomic E-state index is 5.42. The molecule has 0 amide bonds. The number of rotatable bonds is 3. The fraction of sp³-hybridized carbons (Fsp3) is 0.250. The van der Waals surface area contributed by atoms with Crippen LogP contribution in [0.25, 0.3) is 0 Å². The summed E-state index contributed by atoms with van der Waals surface area (Å²) in [5.41, 5.74) is 6.08. The molecule has 12 heavy (non-hydrogen) atoms. The number of pyridine rings is 1. The summed E-state index contributed by atoms with van der Waals surface area (Å²) in [5.74, 6) is 0.808. The molecule has 0 radical (unpaired) electrons. The standard InChI is InChI=1S/C8H11N3S/c1-2-10-7-5-3-4-6(11-7)8(9)12/h3-5H,2H2,1H3,(H2,9,12)(H,10,11). The molecule has 3 N–H and O–H groups in total. The number of nitrogens with one attached hydrogen (secondary N) is 1. The highest BCUT2D eigenvalue weighted by Crippen LogP contribution is 2.03. The van der Waals surface area contributed by atoms with Crippen molar-refractivity contribution in [2.24, 2.45) is 5.73 Å². The van der Waals surface area contributed by atoms with Crippen molar-refractivity contribution in [2.75, 3.05) is 11.9 Å². The molecule has 0 aliphatic rings. The molecule has 4 heteroatoms. The Morgan fingerprint density at radius 2 is 2.42 bits per heavy atom. The van der Waals surface area contributed by atoms with Gasteiger partial charge in [0.2, 0.25) is 0 Å². The number of aromatic nitrogens is 1. The Labute approximate surface area is 77.0 Å². The lowest BCUT2D eigenvalue weighted by molar-refractivity contribution is 1.15. The Bertz CT molecular complexity index is 285. The first-order valence-electron chi connectivity index (χ1n) is 3.74. The molecule has 1 heterocycles. The van der Waals surface area contributed by atoms with Crippen molar-refractivity contribution in [3.05, 3.63) is 23.9 Å². The van der Waals surface area contributed by atoms with Crippen LogP contribution in [0.5, 0.6) is 0 Å². The maximum Gasteiger partial charge on any atom is 0.126 e. The van der Waals surface area contributed by atoms with Crippen LogP contribution in [0.2, 0.25) is 0 Å². The normalized spacial score (nSPS) is 9.42. The number of nitrogens with zero attached hydrogens (tertiary/aromatic N) is 1. The van der Waals surface area contributed by atoms with Gasteiger partial charge in [0, 0.05) is 6.54 Å². The molecule has 0 aliphatic carbocycles. The van der Waals surface area contributed by atoms with Crippen molar-refractivity contribution < 1.29 is 0 Å². The molecule has 0 unspecified atom stereocenters. The van der Waals surface area contributed by atoms with E-state index >= 15 is 0 Å². The molecule has 0 aromatic carbocycles. The van der Waals surface area contributed by atoms with Gasteiger partial charge < -0.3 is 11.1 Å². The van der Waals surface area contributed by atoms with Gasteiger partial charge in [0.05, 0.1) is 5.69 Å². The molecule has 0 saturated carbocycles. The second-order valence-corrected chi connectivity index (χ2v) is 2.74.